The molecule has 0 radical (unpaired) electrons. The zero-order valence-corrected chi connectivity index (χ0v) is 12.4. The van der Waals surface area contributed by atoms with Gasteiger partial charge in [-0.1, -0.05) is 19.1 Å². The van der Waals surface area contributed by atoms with Gasteiger partial charge in [0.15, 0.2) is 0 Å². The lowest BCUT2D eigenvalue weighted by molar-refractivity contribution is 0.113. The Hall–Kier alpha value is -1.09. The largest absolute Gasteiger partial charge is 0.395 e. The van der Waals surface area contributed by atoms with Crippen LogP contribution in [-0.2, 0) is 10.0 Å². The lowest BCUT2D eigenvalue weighted by atomic mass is 10.1. The molecule has 120 valence electrons. The fourth-order valence-electron chi connectivity index (χ4n) is 1.84. The van der Waals surface area contributed by atoms with Gasteiger partial charge in [-0.05, 0) is 24.1 Å². The van der Waals surface area contributed by atoms with Crippen LogP contribution in [-0.4, -0.2) is 49.1 Å². The molecule has 0 amide bonds. The van der Waals surface area contributed by atoms with E-state index in [0.717, 1.165) is 0 Å². The Morgan fingerprint density at radius 3 is 2.52 bits per heavy atom. The summed E-state index contributed by atoms with van der Waals surface area (Å²) in [4.78, 5) is -0.179. The highest BCUT2D eigenvalue weighted by molar-refractivity contribution is 7.89. The Bertz CT molecular complexity index is 551. The SMILES string of the molecule is CCC(O)c1cccc(S(=O)(=O)N(CCO)CC(F)F)c1. The normalized spacial score (nSPS) is 13.9. The molecule has 0 fully saturated rings. The van der Waals surface area contributed by atoms with Crippen molar-refractivity contribution in [1.82, 2.24) is 4.31 Å². The van der Waals surface area contributed by atoms with E-state index in [0.29, 0.717) is 16.3 Å². The molecule has 2 N–H and O–H groups in total. The zero-order chi connectivity index (χ0) is 16.0. The lowest BCUT2D eigenvalue weighted by Crippen LogP contribution is -2.37. The van der Waals surface area contributed by atoms with E-state index < -0.39 is 42.2 Å². The number of hydrogen-bond donors (Lipinski definition) is 2. The molecule has 1 rings (SSSR count). The molecular weight excluding hydrogens is 304 g/mol. The quantitative estimate of drug-likeness (QED) is 0.757. The minimum absolute atomic E-state index is 0.179. The number of aliphatic hydroxyl groups is 2. The Labute approximate surface area is 122 Å². The molecule has 0 saturated heterocycles. The number of sulfonamides is 1. The first-order valence-corrected chi connectivity index (χ1v) is 7.94. The molecule has 0 heterocycles. The summed E-state index contributed by atoms with van der Waals surface area (Å²) >= 11 is 0. The summed E-state index contributed by atoms with van der Waals surface area (Å²) in [5, 5.41) is 18.6. The monoisotopic (exact) mass is 323 g/mol. The van der Waals surface area contributed by atoms with Crippen molar-refractivity contribution < 1.29 is 27.4 Å². The maximum atomic E-state index is 12.5. The molecule has 0 spiro atoms. The number of benzene rings is 1. The third kappa shape index (κ3) is 4.70. The molecule has 21 heavy (non-hydrogen) atoms. The first kappa shape index (κ1) is 18.0. The van der Waals surface area contributed by atoms with Gasteiger partial charge < -0.3 is 10.2 Å². The van der Waals surface area contributed by atoms with E-state index >= 15 is 0 Å². The van der Waals surface area contributed by atoms with E-state index in [-0.39, 0.29) is 4.90 Å². The standard InChI is InChI=1S/C13H19F2NO4S/c1-2-12(18)10-4-3-5-11(8-10)21(19,20)16(6-7-17)9-13(14)15/h3-5,8,12-13,17-18H,2,6-7,9H2,1H3. The highest BCUT2D eigenvalue weighted by Crippen LogP contribution is 2.22. The van der Waals surface area contributed by atoms with Gasteiger partial charge in [0.25, 0.3) is 6.43 Å². The van der Waals surface area contributed by atoms with E-state index in [1.165, 1.54) is 18.2 Å². The summed E-state index contributed by atoms with van der Waals surface area (Å²) < 4.78 is 50.2. The third-order valence-electron chi connectivity index (χ3n) is 2.96. The minimum Gasteiger partial charge on any atom is -0.395 e. The maximum Gasteiger partial charge on any atom is 0.252 e. The molecule has 1 aromatic carbocycles. The topological polar surface area (TPSA) is 77.8 Å². The Morgan fingerprint density at radius 2 is 2.00 bits per heavy atom. The molecular formula is C13H19F2NO4S. The van der Waals surface area contributed by atoms with Crippen molar-refractivity contribution in [2.75, 3.05) is 19.7 Å². The van der Waals surface area contributed by atoms with Crippen LogP contribution in [0.15, 0.2) is 29.2 Å². The number of halogens is 2. The highest BCUT2D eigenvalue weighted by atomic mass is 32.2. The van der Waals surface area contributed by atoms with E-state index in [4.69, 9.17) is 5.11 Å². The van der Waals surface area contributed by atoms with Crippen LogP contribution in [0.25, 0.3) is 0 Å². The van der Waals surface area contributed by atoms with Gasteiger partial charge in [0.2, 0.25) is 10.0 Å². The third-order valence-corrected chi connectivity index (χ3v) is 4.82. The fraction of sp³-hybridized carbons (Fsp3) is 0.538. The number of rotatable bonds is 8. The van der Waals surface area contributed by atoms with Crippen molar-refractivity contribution in [3.05, 3.63) is 29.8 Å². The van der Waals surface area contributed by atoms with Crippen molar-refractivity contribution in [3.8, 4) is 0 Å². The second-order valence-corrected chi connectivity index (χ2v) is 6.41. The number of aliphatic hydroxyl groups excluding tert-OH is 2. The van der Waals surface area contributed by atoms with E-state index in [9.17, 15) is 22.3 Å². The molecule has 5 nitrogen and oxygen atoms in total. The predicted octanol–water partition coefficient (Wildman–Crippen LogP) is 1.38. The van der Waals surface area contributed by atoms with Crippen LogP contribution in [0.2, 0.25) is 0 Å². The van der Waals surface area contributed by atoms with Gasteiger partial charge in [-0.15, -0.1) is 0 Å². The molecule has 0 aliphatic heterocycles. The molecule has 0 aliphatic rings. The van der Waals surface area contributed by atoms with Gasteiger partial charge >= 0.3 is 0 Å². The molecule has 8 heteroatoms. The van der Waals surface area contributed by atoms with Crippen molar-refractivity contribution in [2.45, 2.75) is 30.8 Å². The molecule has 1 unspecified atom stereocenters. The summed E-state index contributed by atoms with van der Waals surface area (Å²) in [5.41, 5.74) is 0.402. The van der Waals surface area contributed by atoms with Gasteiger partial charge in [-0.2, -0.15) is 4.31 Å². The van der Waals surface area contributed by atoms with Crippen molar-refractivity contribution in [1.29, 1.82) is 0 Å². The first-order valence-electron chi connectivity index (χ1n) is 6.50. The summed E-state index contributed by atoms with van der Waals surface area (Å²) in [5.74, 6) is 0. The van der Waals surface area contributed by atoms with Crippen LogP contribution in [0, 0.1) is 0 Å². The van der Waals surface area contributed by atoms with Gasteiger partial charge in [-0.25, -0.2) is 17.2 Å². The van der Waals surface area contributed by atoms with E-state index in [1.54, 1.807) is 13.0 Å². The Kier molecular flexibility index (Phi) is 6.66. The molecule has 1 aromatic rings. The lowest BCUT2D eigenvalue weighted by Gasteiger charge is -2.21. The van der Waals surface area contributed by atoms with Gasteiger partial charge in [-0.3, -0.25) is 0 Å². The van der Waals surface area contributed by atoms with Gasteiger partial charge in [0, 0.05) is 6.54 Å². The summed E-state index contributed by atoms with van der Waals surface area (Å²) in [7, 11) is -4.14. The molecule has 0 saturated carbocycles. The predicted molar refractivity (Wildman–Crippen MR) is 73.5 cm³/mol. The number of hydrogen-bond acceptors (Lipinski definition) is 4. The van der Waals surface area contributed by atoms with Gasteiger partial charge in [0.1, 0.15) is 0 Å². The second-order valence-electron chi connectivity index (χ2n) is 4.47. The minimum atomic E-state index is -4.14. The average Bonchev–Trinajstić information content (AvgIpc) is 2.45. The van der Waals surface area contributed by atoms with Gasteiger partial charge in [0.05, 0.1) is 24.2 Å². The van der Waals surface area contributed by atoms with Crippen LogP contribution >= 0.6 is 0 Å². The van der Waals surface area contributed by atoms with Crippen LogP contribution in [0.5, 0.6) is 0 Å². The first-order chi connectivity index (χ1) is 9.82. The van der Waals surface area contributed by atoms with Crippen LogP contribution in [0.4, 0.5) is 8.78 Å². The van der Waals surface area contributed by atoms with Crippen molar-refractivity contribution >= 4 is 10.0 Å². The zero-order valence-electron chi connectivity index (χ0n) is 11.6. The maximum absolute atomic E-state index is 12.5. The second kappa shape index (κ2) is 7.79. The molecule has 0 bridgehead atoms. The van der Waals surface area contributed by atoms with Crippen LogP contribution in [0.3, 0.4) is 0 Å². The van der Waals surface area contributed by atoms with Crippen LogP contribution < -0.4 is 0 Å². The highest BCUT2D eigenvalue weighted by Gasteiger charge is 2.27. The van der Waals surface area contributed by atoms with Crippen molar-refractivity contribution in [3.63, 3.8) is 0 Å². The van der Waals surface area contributed by atoms with E-state index in [1.807, 2.05) is 0 Å². The fourth-order valence-corrected chi connectivity index (χ4v) is 3.31. The Morgan fingerprint density at radius 1 is 1.33 bits per heavy atom. The Balaban J connectivity index is 3.15. The molecule has 0 aromatic heterocycles. The average molecular weight is 323 g/mol. The van der Waals surface area contributed by atoms with E-state index in [2.05, 4.69) is 0 Å². The number of nitrogens with zero attached hydrogens (tertiary/aromatic N) is 1. The summed E-state index contributed by atoms with van der Waals surface area (Å²) in [6.45, 7) is -0.208. The summed E-state index contributed by atoms with van der Waals surface area (Å²) in [6.07, 6.45) is -3.25. The molecule has 0 aliphatic carbocycles. The van der Waals surface area contributed by atoms with Crippen molar-refractivity contribution in [2.24, 2.45) is 0 Å². The molecule has 1 atom stereocenters. The number of alkyl halides is 2. The van der Waals surface area contributed by atoms with Crippen LogP contribution in [0.1, 0.15) is 25.0 Å². The smallest absolute Gasteiger partial charge is 0.252 e. The summed E-state index contributed by atoms with van der Waals surface area (Å²) in [6, 6.07) is 5.55.